The predicted molar refractivity (Wildman–Crippen MR) is 78.9 cm³/mol. The maximum Gasteiger partial charge on any atom is 0.212 e. The number of nitrogens with zero attached hydrogens (tertiary/aromatic N) is 4. The van der Waals surface area contributed by atoms with Crippen LogP contribution in [0.2, 0.25) is 0 Å². The maximum absolute atomic E-state index is 4.62. The minimum absolute atomic E-state index is 0.905. The molecule has 6 heteroatoms. The van der Waals surface area contributed by atoms with Crippen LogP contribution in [0.3, 0.4) is 0 Å². The summed E-state index contributed by atoms with van der Waals surface area (Å²) in [4.78, 5) is 10.2. The fourth-order valence-corrected chi connectivity index (χ4v) is 3.70. The second-order valence-electron chi connectivity index (χ2n) is 4.19. The second-order valence-corrected chi connectivity index (χ2v) is 6.26. The topological polar surface area (TPSA) is 43.1 Å². The van der Waals surface area contributed by atoms with Crippen LogP contribution in [0.1, 0.15) is 11.9 Å². The van der Waals surface area contributed by atoms with Crippen LogP contribution in [-0.2, 0) is 6.42 Å². The van der Waals surface area contributed by atoms with Gasteiger partial charge in [-0.1, -0.05) is 30.4 Å². The minimum Gasteiger partial charge on any atom is -0.234 e. The van der Waals surface area contributed by atoms with Gasteiger partial charge in [0, 0.05) is 0 Å². The van der Waals surface area contributed by atoms with Gasteiger partial charge in [-0.05, 0) is 18.6 Å². The number of fused-ring (bicyclic) bond motifs is 2. The highest BCUT2D eigenvalue weighted by Gasteiger charge is 2.12. The lowest BCUT2D eigenvalue weighted by atomic mass is 10.3. The molecule has 0 amide bonds. The molecule has 4 rings (SSSR count). The molecule has 4 aromatic rings. The Morgan fingerprint density at radius 3 is 2.84 bits per heavy atom. The monoisotopic (exact) mass is 286 g/mol. The molecule has 0 N–H and O–H groups in total. The van der Waals surface area contributed by atoms with E-state index < -0.39 is 0 Å². The third-order valence-corrected chi connectivity index (χ3v) is 5.03. The number of hydrogen-bond donors (Lipinski definition) is 0. The summed E-state index contributed by atoms with van der Waals surface area (Å²) in [6, 6.07) is 8.15. The van der Waals surface area contributed by atoms with E-state index in [-0.39, 0.29) is 0 Å². The summed E-state index contributed by atoms with van der Waals surface area (Å²) in [6.07, 6.45) is 2.91. The van der Waals surface area contributed by atoms with E-state index in [9.17, 15) is 0 Å². The van der Waals surface area contributed by atoms with Gasteiger partial charge in [0.05, 0.1) is 16.4 Å². The molecule has 0 saturated heterocycles. The fourth-order valence-electron chi connectivity index (χ4n) is 1.97. The molecule has 0 fully saturated rings. The summed E-state index contributed by atoms with van der Waals surface area (Å²) in [7, 11) is 0. The van der Waals surface area contributed by atoms with Crippen molar-refractivity contribution in [3.05, 3.63) is 35.5 Å². The lowest BCUT2D eigenvalue weighted by Crippen LogP contribution is -1.83. The Morgan fingerprint density at radius 2 is 2.05 bits per heavy atom. The highest BCUT2D eigenvalue weighted by molar-refractivity contribution is 7.21. The van der Waals surface area contributed by atoms with E-state index in [1.54, 1.807) is 22.7 Å². The van der Waals surface area contributed by atoms with Crippen LogP contribution in [0, 0.1) is 0 Å². The Balaban J connectivity index is 1.86. The van der Waals surface area contributed by atoms with E-state index in [1.165, 1.54) is 4.70 Å². The van der Waals surface area contributed by atoms with E-state index in [1.807, 2.05) is 28.9 Å². The van der Waals surface area contributed by atoms with Crippen molar-refractivity contribution < 1.29 is 0 Å². The number of imidazole rings is 1. The van der Waals surface area contributed by atoms with Crippen molar-refractivity contribution in [2.24, 2.45) is 0 Å². The first-order valence-electron chi connectivity index (χ1n) is 6.04. The Labute approximate surface area is 117 Å². The molecule has 3 aromatic heterocycles. The standard InChI is InChI=1S/C13H10N4S2/c1-2-11-16-17-7-9(15-13(17)19-11)12-14-8-5-3-4-6-10(8)18-12/h3-7H,2H2,1H3. The molecule has 0 atom stereocenters. The van der Waals surface area contributed by atoms with Gasteiger partial charge in [-0.3, -0.25) is 0 Å². The van der Waals surface area contributed by atoms with Crippen LogP contribution in [0.5, 0.6) is 0 Å². The summed E-state index contributed by atoms with van der Waals surface area (Å²) in [5.74, 6) is 0. The molecule has 0 aliphatic heterocycles. The molecule has 0 bridgehead atoms. The van der Waals surface area contributed by atoms with Crippen molar-refractivity contribution in [1.82, 2.24) is 19.6 Å². The number of para-hydroxylation sites is 1. The Kier molecular flexibility index (Phi) is 2.39. The maximum atomic E-state index is 4.62. The molecular weight excluding hydrogens is 276 g/mol. The Morgan fingerprint density at radius 1 is 1.16 bits per heavy atom. The molecule has 19 heavy (non-hydrogen) atoms. The molecule has 0 saturated carbocycles. The van der Waals surface area contributed by atoms with Crippen LogP contribution in [-0.4, -0.2) is 19.6 Å². The molecule has 0 unspecified atom stereocenters. The summed E-state index contributed by atoms with van der Waals surface area (Å²) in [5.41, 5.74) is 1.93. The minimum atomic E-state index is 0.905. The van der Waals surface area contributed by atoms with Gasteiger partial charge in [0.2, 0.25) is 4.96 Å². The number of thiazole rings is 1. The molecule has 0 radical (unpaired) electrons. The normalized spacial score (nSPS) is 11.6. The van der Waals surface area contributed by atoms with Crippen LogP contribution >= 0.6 is 22.7 Å². The van der Waals surface area contributed by atoms with Crippen molar-refractivity contribution in [1.29, 1.82) is 0 Å². The van der Waals surface area contributed by atoms with E-state index in [0.29, 0.717) is 0 Å². The molecule has 0 aliphatic rings. The van der Waals surface area contributed by atoms with Crippen molar-refractivity contribution in [3.63, 3.8) is 0 Å². The number of hydrogen-bond acceptors (Lipinski definition) is 5. The number of benzene rings is 1. The van der Waals surface area contributed by atoms with Gasteiger partial charge in [-0.15, -0.1) is 11.3 Å². The van der Waals surface area contributed by atoms with Crippen molar-refractivity contribution >= 4 is 37.9 Å². The summed E-state index contributed by atoms with van der Waals surface area (Å²) in [6.45, 7) is 2.10. The van der Waals surface area contributed by atoms with E-state index in [4.69, 9.17) is 0 Å². The van der Waals surface area contributed by atoms with Gasteiger partial charge in [-0.2, -0.15) is 5.10 Å². The lowest BCUT2D eigenvalue weighted by molar-refractivity contribution is 0.910. The van der Waals surface area contributed by atoms with Crippen LogP contribution < -0.4 is 0 Å². The summed E-state index contributed by atoms with van der Waals surface area (Å²) >= 11 is 3.31. The zero-order valence-corrected chi connectivity index (χ0v) is 11.8. The Bertz CT molecular complexity index is 807. The molecule has 1 aromatic carbocycles. The summed E-state index contributed by atoms with van der Waals surface area (Å²) in [5, 5.41) is 6.55. The SMILES string of the molecule is CCc1nn2cc(-c3nc4ccccc4s3)nc2s1. The molecule has 3 heterocycles. The number of aryl methyl sites for hydroxylation is 1. The highest BCUT2D eigenvalue weighted by atomic mass is 32.1. The van der Waals surface area contributed by atoms with Crippen molar-refractivity contribution in [2.45, 2.75) is 13.3 Å². The first-order valence-corrected chi connectivity index (χ1v) is 7.68. The van der Waals surface area contributed by atoms with Gasteiger partial charge >= 0.3 is 0 Å². The van der Waals surface area contributed by atoms with Gasteiger partial charge < -0.3 is 0 Å². The third-order valence-electron chi connectivity index (χ3n) is 2.90. The van der Waals surface area contributed by atoms with Crippen molar-refractivity contribution in [3.8, 4) is 10.7 Å². The van der Waals surface area contributed by atoms with E-state index >= 15 is 0 Å². The smallest absolute Gasteiger partial charge is 0.212 e. The summed E-state index contributed by atoms with van der Waals surface area (Å²) < 4.78 is 3.04. The number of aromatic nitrogens is 4. The molecule has 0 spiro atoms. The molecule has 0 aliphatic carbocycles. The first-order chi connectivity index (χ1) is 9.33. The molecule has 4 nitrogen and oxygen atoms in total. The van der Waals surface area contributed by atoms with Crippen LogP contribution in [0.25, 0.3) is 25.9 Å². The highest BCUT2D eigenvalue weighted by Crippen LogP contribution is 2.30. The zero-order chi connectivity index (χ0) is 12.8. The van der Waals surface area contributed by atoms with E-state index in [0.717, 1.165) is 32.6 Å². The van der Waals surface area contributed by atoms with Gasteiger partial charge in [0.1, 0.15) is 15.7 Å². The Hall–Kier alpha value is -1.79. The van der Waals surface area contributed by atoms with Crippen LogP contribution in [0.15, 0.2) is 30.5 Å². The zero-order valence-electron chi connectivity index (χ0n) is 10.2. The van der Waals surface area contributed by atoms with Crippen LogP contribution in [0.4, 0.5) is 0 Å². The largest absolute Gasteiger partial charge is 0.234 e. The second kappa shape index (κ2) is 4.11. The third kappa shape index (κ3) is 1.75. The average Bonchev–Trinajstić information content (AvgIpc) is 3.09. The lowest BCUT2D eigenvalue weighted by Gasteiger charge is -1.85. The van der Waals surface area contributed by atoms with Gasteiger partial charge in [0.25, 0.3) is 0 Å². The fraction of sp³-hybridized carbons (Fsp3) is 0.154. The van der Waals surface area contributed by atoms with Crippen molar-refractivity contribution in [2.75, 3.05) is 0 Å². The molecular formula is C13H10N4S2. The molecule has 94 valence electrons. The average molecular weight is 286 g/mol. The van der Waals surface area contributed by atoms with E-state index in [2.05, 4.69) is 28.1 Å². The number of rotatable bonds is 2. The van der Waals surface area contributed by atoms with Gasteiger partial charge in [0.15, 0.2) is 0 Å². The first kappa shape index (κ1) is 11.1. The predicted octanol–water partition coefficient (Wildman–Crippen LogP) is 3.63. The van der Waals surface area contributed by atoms with Gasteiger partial charge in [-0.25, -0.2) is 14.5 Å². The quantitative estimate of drug-likeness (QED) is 0.565.